The molecule has 1 spiro atoms. The normalized spacial score (nSPS) is 26.7. The summed E-state index contributed by atoms with van der Waals surface area (Å²) in [5, 5.41) is 0. The third-order valence-corrected chi connectivity index (χ3v) is 5.35. The number of halogens is 1. The molecular formula is C17H24BrNO2. The van der Waals surface area contributed by atoms with E-state index in [9.17, 15) is 0 Å². The standard InChI is InChI=1S/C17H24BrNO2/c1-12-8-14(10-15(18)9-12)16(19)13-2-5-21-17(11-13)3-6-20-7-4-17/h8-10,13,16H,2-7,11,19H2,1H3. The van der Waals surface area contributed by atoms with E-state index in [4.69, 9.17) is 15.2 Å². The van der Waals surface area contributed by atoms with Crippen LogP contribution in [0.15, 0.2) is 22.7 Å². The van der Waals surface area contributed by atoms with Crippen LogP contribution in [0.25, 0.3) is 0 Å². The maximum absolute atomic E-state index is 6.59. The molecule has 21 heavy (non-hydrogen) atoms. The van der Waals surface area contributed by atoms with E-state index in [1.54, 1.807) is 0 Å². The number of nitrogens with two attached hydrogens (primary N) is 1. The van der Waals surface area contributed by atoms with Crippen LogP contribution in [0.2, 0.25) is 0 Å². The average Bonchev–Trinajstić information content (AvgIpc) is 2.46. The molecular weight excluding hydrogens is 330 g/mol. The van der Waals surface area contributed by atoms with Crippen molar-refractivity contribution in [2.24, 2.45) is 11.7 Å². The van der Waals surface area contributed by atoms with Gasteiger partial charge in [-0.2, -0.15) is 0 Å². The molecule has 4 heteroatoms. The number of ether oxygens (including phenoxy) is 2. The summed E-state index contributed by atoms with van der Waals surface area (Å²) in [6.45, 7) is 4.58. The van der Waals surface area contributed by atoms with Gasteiger partial charge in [0.2, 0.25) is 0 Å². The summed E-state index contributed by atoms with van der Waals surface area (Å²) in [4.78, 5) is 0. The highest BCUT2D eigenvalue weighted by Gasteiger charge is 2.40. The molecule has 2 atom stereocenters. The first-order chi connectivity index (χ1) is 10.1. The van der Waals surface area contributed by atoms with Crippen LogP contribution in [-0.2, 0) is 9.47 Å². The van der Waals surface area contributed by atoms with Crippen LogP contribution in [0.5, 0.6) is 0 Å². The number of aryl methyl sites for hydroxylation is 1. The van der Waals surface area contributed by atoms with Crippen molar-refractivity contribution in [3.05, 3.63) is 33.8 Å². The van der Waals surface area contributed by atoms with Gasteiger partial charge >= 0.3 is 0 Å². The zero-order valence-electron chi connectivity index (χ0n) is 12.6. The fraction of sp³-hybridized carbons (Fsp3) is 0.647. The SMILES string of the molecule is Cc1cc(Br)cc(C(N)C2CCOC3(CCOCC3)C2)c1. The largest absolute Gasteiger partial charge is 0.381 e. The molecule has 0 radical (unpaired) electrons. The van der Waals surface area contributed by atoms with E-state index < -0.39 is 0 Å². The third kappa shape index (κ3) is 3.50. The summed E-state index contributed by atoms with van der Waals surface area (Å²) in [5.74, 6) is 0.491. The molecule has 1 aromatic carbocycles. The lowest BCUT2D eigenvalue weighted by Crippen LogP contribution is -2.46. The zero-order chi connectivity index (χ0) is 14.9. The summed E-state index contributed by atoms with van der Waals surface area (Å²) in [5.41, 5.74) is 9.09. The lowest BCUT2D eigenvalue weighted by Gasteiger charge is -2.44. The number of rotatable bonds is 2. The lowest BCUT2D eigenvalue weighted by molar-refractivity contribution is -0.149. The van der Waals surface area contributed by atoms with Crippen LogP contribution in [0.3, 0.4) is 0 Å². The van der Waals surface area contributed by atoms with Crippen LogP contribution >= 0.6 is 15.9 Å². The van der Waals surface area contributed by atoms with Gasteiger partial charge in [0.05, 0.1) is 5.60 Å². The predicted octanol–water partition coefficient (Wildman–Crippen LogP) is 3.73. The van der Waals surface area contributed by atoms with Gasteiger partial charge in [-0.25, -0.2) is 0 Å². The Balaban J connectivity index is 1.76. The maximum Gasteiger partial charge on any atom is 0.0729 e. The minimum atomic E-state index is 0.0137. The van der Waals surface area contributed by atoms with E-state index in [0.717, 1.165) is 50.0 Å². The Morgan fingerprint density at radius 1 is 1.24 bits per heavy atom. The fourth-order valence-corrected chi connectivity index (χ4v) is 4.32. The first-order valence-corrected chi connectivity index (χ1v) is 8.62. The molecule has 1 aromatic rings. The van der Waals surface area contributed by atoms with E-state index >= 15 is 0 Å². The molecule has 0 amide bonds. The second-order valence-electron chi connectivity index (χ2n) is 6.48. The highest BCUT2D eigenvalue weighted by atomic mass is 79.9. The number of hydrogen-bond acceptors (Lipinski definition) is 3. The van der Waals surface area contributed by atoms with Crippen LogP contribution in [0, 0.1) is 12.8 Å². The number of benzene rings is 1. The molecule has 2 aliphatic rings. The van der Waals surface area contributed by atoms with Gasteiger partial charge in [-0.15, -0.1) is 0 Å². The second-order valence-corrected chi connectivity index (χ2v) is 7.40. The summed E-state index contributed by atoms with van der Waals surface area (Å²) in [7, 11) is 0. The minimum Gasteiger partial charge on any atom is -0.381 e. The summed E-state index contributed by atoms with van der Waals surface area (Å²) < 4.78 is 12.7. The first-order valence-electron chi connectivity index (χ1n) is 7.82. The summed E-state index contributed by atoms with van der Waals surface area (Å²) in [6, 6.07) is 6.58. The summed E-state index contributed by atoms with van der Waals surface area (Å²) in [6.07, 6.45) is 4.12. The molecule has 2 N–H and O–H groups in total. The quantitative estimate of drug-likeness (QED) is 0.880. The van der Waals surface area contributed by atoms with Gasteiger partial charge in [0.1, 0.15) is 0 Å². The Kier molecular flexibility index (Phi) is 4.69. The van der Waals surface area contributed by atoms with Gasteiger partial charge in [0.25, 0.3) is 0 Å². The van der Waals surface area contributed by atoms with Gasteiger partial charge < -0.3 is 15.2 Å². The van der Waals surface area contributed by atoms with Crippen molar-refractivity contribution in [3.8, 4) is 0 Å². The Bertz CT molecular complexity index is 474. The average molecular weight is 354 g/mol. The molecule has 2 saturated heterocycles. The van der Waals surface area contributed by atoms with Crippen LogP contribution in [0.1, 0.15) is 42.9 Å². The Morgan fingerprint density at radius 3 is 2.71 bits per heavy atom. The molecule has 3 nitrogen and oxygen atoms in total. The van der Waals surface area contributed by atoms with Crippen LogP contribution < -0.4 is 5.73 Å². The van der Waals surface area contributed by atoms with E-state index in [1.165, 1.54) is 11.1 Å². The molecule has 116 valence electrons. The lowest BCUT2D eigenvalue weighted by atomic mass is 9.76. The first kappa shape index (κ1) is 15.5. The van der Waals surface area contributed by atoms with Crippen molar-refractivity contribution in [3.63, 3.8) is 0 Å². The summed E-state index contributed by atoms with van der Waals surface area (Å²) >= 11 is 3.58. The zero-order valence-corrected chi connectivity index (χ0v) is 14.2. The van der Waals surface area contributed by atoms with Gasteiger partial charge in [-0.05, 0) is 61.8 Å². The highest BCUT2D eigenvalue weighted by Crippen LogP contribution is 2.41. The van der Waals surface area contributed by atoms with Gasteiger partial charge in [0.15, 0.2) is 0 Å². The van der Waals surface area contributed by atoms with Gasteiger partial charge in [-0.1, -0.05) is 22.0 Å². The van der Waals surface area contributed by atoms with E-state index in [1.807, 2.05) is 0 Å². The molecule has 3 rings (SSSR count). The van der Waals surface area contributed by atoms with Gasteiger partial charge in [0, 0.05) is 30.3 Å². The third-order valence-electron chi connectivity index (χ3n) is 4.89. The predicted molar refractivity (Wildman–Crippen MR) is 87.3 cm³/mol. The minimum absolute atomic E-state index is 0.0137. The molecule has 0 aliphatic carbocycles. The van der Waals surface area contributed by atoms with Crippen molar-refractivity contribution in [2.75, 3.05) is 19.8 Å². The monoisotopic (exact) mass is 353 g/mol. The Hall–Kier alpha value is -0.420. The Labute approximate surface area is 135 Å². The number of hydrogen-bond donors (Lipinski definition) is 1. The maximum atomic E-state index is 6.59. The van der Waals surface area contributed by atoms with Crippen molar-refractivity contribution in [1.82, 2.24) is 0 Å². The van der Waals surface area contributed by atoms with Crippen LogP contribution in [-0.4, -0.2) is 25.4 Å². The second kappa shape index (κ2) is 6.37. The molecule has 2 fully saturated rings. The molecule has 2 heterocycles. The fourth-order valence-electron chi connectivity index (χ4n) is 3.69. The van der Waals surface area contributed by atoms with Crippen molar-refractivity contribution < 1.29 is 9.47 Å². The van der Waals surface area contributed by atoms with Crippen molar-refractivity contribution in [2.45, 2.75) is 44.2 Å². The van der Waals surface area contributed by atoms with E-state index in [-0.39, 0.29) is 11.6 Å². The highest BCUT2D eigenvalue weighted by molar-refractivity contribution is 9.10. The van der Waals surface area contributed by atoms with Crippen molar-refractivity contribution in [1.29, 1.82) is 0 Å². The molecule has 2 aliphatic heterocycles. The smallest absolute Gasteiger partial charge is 0.0729 e. The molecule has 0 saturated carbocycles. The molecule has 2 unspecified atom stereocenters. The van der Waals surface area contributed by atoms with E-state index in [2.05, 4.69) is 41.1 Å². The van der Waals surface area contributed by atoms with Crippen LogP contribution in [0.4, 0.5) is 0 Å². The molecule has 0 bridgehead atoms. The Morgan fingerprint density at radius 2 is 2.00 bits per heavy atom. The van der Waals surface area contributed by atoms with E-state index in [0.29, 0.717) is 5.92 Å². The topological polar surface area (TPSA) is 44.5 Å². The van der Waals surface area contributed by atoms with Crippen molar-refractivity contribution >= 4 is 15.9 Å². The molecule has 0 aromatic heterocycles. The van der Waals surface area contributed by atoms with Gasteiger partial charge in [-0.3, -0.25) is 0 Å².